The molecule has 0 bridgehead atoms. The molecule has 4 fully saturated rings. The van der Waals surface area contributed by atoms with Crippen LogP contribution in [0.25, 0.3) is 0 Å². The third kappa shape index (κ3) is 2.96. The average Bonchev–Trinajstić information content (AvgIpc) is 3.10. The quantitative estimate of drug-likeness (QED) is 0.794. The van der Waals surface area contributed by atoms with Gasteiger partial charge in [0, 0.05) is 32.8 Å². The Morgan fingerprint density at radius 1 is 1.08 bits per heavy atom. The van der Waals surface area contributed by atoms with Crippen molar-refractivity contribution in [1.82, 2.24) is 9.80 Å². The molecule has 134 valence electrons. The Balaban J connectivity index is 1.37. The first-order valence-electron chi connectivity index (χ1n) is 9.84. The molecule has 4 rings (SSSR count). The van der Waals surface area contributed by atoms with E-state index in [0.29, 0.717) is 19.1 Å². The van der Waals surface area contributed by atoms with Crippen LogP contribution in [0.15, 0.2) is 0 Å². The zero-order chi connectivity index (χ0) is 16.6. The van der Waals surface area contributed by atoms with Crippen molar-refractivity contribution < 1.29 is 14.3 Å². The molecule has 0 aromatic carbocycles. The summed E-state index contributed by atoms with van der Waals surface area (Å²) in [5.74, 6) is 1.43. The first-order chi connectivity index (χ1) is 11.7. The van der Waals surface area contributed by atoms with E-state index >= 15 is 0 Å². The van der Waals surface area contributed by atoms with E-state index in [2.05, 4.69) is 4.90 Å². The highest BCUT2D eigenvalue weighted by Gasteiger charge is 2.48. The summed E-state index contributed by atoms with van der Waals surface area (Å²) in [6, 6.07) is 0. The number of rotatable bonds is 3. The maximum atomic E-state index is 13.0. The molecule has 0 aromatic rings. The SMILES string of the molecule is O=C([C@@H]1CCOC1)N1CCC[C@]2(CC1)CCN(CC1CCC1)C2=O. The summed E-state index contributed by atoms with van der Waals surface area (Å²) in [4.78, 5) is 29.8. The predicted molar refractivity (Wildman–Crippen MR) is 90.3 cm³/mol. The van der Waals surface area contributed by atoms with Crippen molar-refractivity contribution in [3.8, 4) is 0 Å². The van der Waals surface area contributed by atoms with Crippen LogP contribution in [0.4, 0.5) is 0 Å². The van der Waals surface area contributed by atoms with Crippen LogP contribution in [0.2, 0.25) is 0 Å². The number of hydrogen-bond acceptors (Lipinski definition) is 3. The summed E-state index contributed by atoms with van der Waals surface area (Å²) in [5, 5.41) is 0. The van der Waals surface area contributed by atoms with Crippen LogP contribution in [0, 0.1) is 17.3 Å². The number of carbonyl (C=O) groups excluding carboxylic acids is 2. The van der Waals surface area contributed by atoms with Gasteiger partial charge in [-0.3, -0.25) is 9.59 Å². The van der Waals surface area contributed by atoms with Gasteiger partial charge >= 0.3 is 0 Å². The smallest absolute Gasteiger partial charge is 0.228 e. The molecule has 2 atom stereocenters. The zero-order valence-electron chi connectivity index (χ0n) is 14.7. The molecule has 1 aliphatic carbocycles. The second-order valence-electron chi connectivity index (χ2n) is 8.32. The van der Waals surface area contributed by atoms with E-state index in [-0.39, 0.29) is 17.2 Å². The van der Waals surface area contributed by atoms with Crippen molar-refractivity contribution in [2.75, 3.05) is 39.4 Å². The van der Waals surface area contributed by atoms with Crippen LogP contribution in [-0.4, -0.2) is 61.0 Å². The summed E-state index contributed by atoms with van der Waals surface area (Å²) < 4.78 is 5.37. The molecule has 1 spiro atoms. The summed E-state index contributed by atoms with van der Waals surface area (Å²) in [6.07, 6.45) is 8.54. The maximum Gasteiger partial charge on any atom is 0.228 e. The highest BCUT2D eigenvalue weighted by Crippen LogP contribution is 2.43. The summed E-state index contributed by atoms with van der Waals surface area (Å²) in [5.41, 5.74) is -0.176. The fraction of sp³-hybridized carbons (Fsp3) is 0.895. The molecule has 0 N–H and O–H groups in total. The molecule has 5 nitrogen and oxygen atoms in total. The van der Waals surface area contributed by atoms with Gasteiger partial charge < -0.3 is 14.5 Å². The molecule has 0 aromatic heterocycles. The Hall–Kier alpha value is -1.10. The number of amides is 2. The van der Waals surface area contributed by atoms with Crippen molar-refractivity contribution in [3.63, 3.8) is 0 Å². The number of likely N-dealkylation sites (tertiary alicyclic amines) is 2. The molecule has 3 aliphatic heterocycles. The van der Waals surface area contributed by atoms with Gasteiger partial charge in [0.25, 0.3) is 0 Å². The minimum absolute atomic E-state index is 0.0495. The highest BCUT2D eigenvalue weighted by molar-refractivity contribution is 5.85. The minimum atomic E-state index is -0.176. The predicted octanol–water partition coefficient (Wildman–Crippen LogP) is 2.05. The molecule has 0 radical (unpaired) electrons. The maximum absolute atomic E-state index is 13.0. The first kappa shape index (κ1) is 16.4. The number of nitrogens with zero attached hydrogens (tertiary/aromatic N) is 2. The van der Waals surface area contributed by atoms with Gasteiger partial charge in [-0.25, -0.2) is 0 Å². The average molecular weight is 334 g/mol. The third-order valence-electron chi connectivity index (χ3n) is 6.84. The van der Waals surface area contributed by atoms with Gasteiger partial charge in [-0.15, -0.1) is 0 Å². The van der Waals surface area contributed by atoms with E-state index in [4.69, 9.17) is 4.74 Å². The van der Waals surface area contributed by atoms with E-state index in [1.54, 1.807) is 0 Å². The van der Waals surface area contributed by atoms with E-state index in [1.807, 2.05) is 4.90 Å². The van der Waals surface area contributed by atoms with Crippen LogP contribution < -0.4 is 0 Å². The van der Waals surface area contributed by atoms with Crippen LogP contribution in [0.3, 0.4) is 0 Å². The third-order valence-corrected chi connectivity index (χ3v) is 6.84. The van der Waals surface area contributed by atoms with E-state index in [1.165, 1.54) is 19.3 Å². The van der Waals surface area contributed by atoms with Gasteiger partial charge in [-0.1, -0.05) is 6.42 Å². The Labute approximate surface area is 144 Å². The molecule has 0 unspecified atom stereocenters. The van der Waals surface area contributed by atoms with Crippen molar-refractivity contribution >= 4 is 11.8 Å². The largest absolute Gasteiger partial charge is 0.381 e. The lowest BCUT2D eigenvalue weighted by molar-refractivity contribution is -0.139. The fourth-order valence-corrected chi connectivity index (χ4v) is 4.92. The van der Waals surface area contributed by atoms with Crippen molar-refractivity contribution in [1.29, 1.82) is 0 Å². The minimum Gasteiger partial charge on any atom is -0.381 e. The molecule has 5 heteroatoms. The summed E-state index contributed by atoms with van der Waals surface area (Å²) >= 11 is 0. The lowest BCUT2D eigenvalue weighted by Crippen LogP contribution is -2.40. The second kappa shape index (κ2) is 6.66. The molecule has 3 saturated heterocycles. The van der Waals surface area contributed by atoms with Gasteiger partial charge in [0.1, 0.15) is 0 Å². The first-order valence-corrected chi connectivity index (χ1v) is 9.84. The number of ether oxygens (including phenoxy) is 1. The van der Waals surface area contributed by atoms with Crippen molar-refractivity contribution in [2.24, 2.45) is 17.3 Å². The van der Waals surface area contributed by atoms with Crippen LogP contribution >= 0.6 is 0 Å². The normalized spacial score (nSPS) is 34.7. The lowest BCUT2D eigenvalue weighted by Gasteiger charge is -2.32. The monoisotopic (exact) mass is 334 g/mol. The zero-order valence-corrected chi connectivity index (χ0v) is 14.7. The van der Waals surface area contributed by atoms with E-state index < -0.39 is 0 Å². The highest BCUT2D eigenvalue weighted by atomic mass is 16.5. The van der Waals surface area contributed by atoms with E-state index in [0.717, 1.165) is 64.2 Å². The molecular weight excluding hydrogens is 304 g/mol. The molecule has 24 heavy (non-hydrogen) atoms. The number of carbonyl (C=O) groups is 2. The van der Waals surface area contributed by atoms with Crippen LogP contribution in [0.1, 0.15) is 51.4 Å². The fourth-order valence-electron chi connectivity index (χ4n) is 4.92. The Bertz CT molecular complexity index is 499. The van der Waals surface area contributed by atoms with Crippen molar-refractivity contribution in [3.05, 3.63) is 0 Å². The van der Waals surface area contributed by atoms with Crippen LogP contribution in [-0.2, 0) is 14.3 Å². The van der Waals surface area contributed by atoms with Crippen LogP contribution in [0.5, 0.6) is 0 Å². The van der Waals surface area contributed by atoms with Gasteiger partial charge in [0.05, 0.1) is 17.9 Å². The molecule has 2 amide bonds. The second-order valence-corrected chi connectivity index (χ2v) is 8.32. The topological polar surface area (TPSA) is 49.9 Å². The summed E-state index contributed by atoms with van der Waals surface area (Å²) in [6.45, 7) is 4.76. The molecule has 3 heterocycles. The molecule has 1 saturated carbocycles. The Kier molecular flexibility index (Phi) is 4.54. The lowest BCUT2D eigenvalue weighted by atomic mass is 9.79. The van der Waals surface area contributed by atoms with Gasteiger partial charge in [0.15, 0.2) is 0 Å². The van der Waals surface area contributed by atoms with Gasteiger partial charge in [-0.2, -0.15) is 0 Å². The van der Waals surface area contributed by atoms with Gasteiger partial charge in [-0.05, 0) is 50.9 Å². The summed E-state index contributed by atoms with van der Waals surface area (Å²) in [7, 11) is 0. The Morgan fingerprint density at radius 2 is 1.92 bits per heavy atom. The number of hydrogen-bond donors (Lipinski definition) is 0. The molecule has 4 aliphatic rings. The standard InChI is InChI=1S/C19H30N2O3/c22-17(16-5-12-24-14-16)20-9-2-6-19(7-10-20)8-11-21(18(19)23)13-15-3-1-4-15/h15-16H,1-14H2/t16-,19+/m1/s1. The Morgan fingerprint density at radius 3 is 2.62 bits per heavy atom. The van der Waals surface area contributed by atoms with Gasteiger partial charge in [0.2, 0.25) is 11.8 Å². The van der Waals surface area contributed by atoms with E-state index in [9.17, 15) is 9.59 Å². The molecular formula is C19H30N2O3. The van der Waals surface area contributed by atoms with Crippen molar-refractivity contribution in [2.45, 2.75) is 51.4 Å².